The zero-order valence-electron chi connectivity index (χ0n) is 25.6. The van der Waals surface area contributed by atoms with Crippen molar-refractivity contribution in [1.82, 2.24) is 5.32 Å². The van der Waals surface area contributed by atoms with Gasteiger partial charge in [0, 0.05) is 33.3 Å². The SMILES string of the molecule is Cc1ccc([N+](=O)[O-])cc1NC(=O)C(Sc1ccc(NC(=O)/C(=C/c2ccccc2Cl)NC(=O)c2ccccc2)cc1)c1ccccc1. The van der Waals surface area contributed by atoms with E-state index >= 15 is 0 Å². The molecule has 48 heavy (non-hydrogen) atoms. The lowest BCUT2D eigenvalue weighted by Crippen LogP contribution is -2.30. The van der Waals surface area contributed by atoms with Crippen LogP contribution in [0.25, 0.3) is 6.08 Å². The minimum atomic E-state index is -0.691. The average molecular weight is 677 g/mol. The van der Waals surface area contributed by atoms with Gasteiger partial charge in [-0.3, -0.25) is 24.5 Å². The van der Waals surface area contributed by atoms with E-state index in [9.17, 15) is 24.5 Å². The van der Waals surface area contributed by atoms with Crippen LogP contribution in [-0.4, -0.2) is 22.6 Å². The maximum absolute atomic E-state index is 13.6. The number of hydrogen-bond acceptors (Lipinski definition) is 6. The van der Waals surface area contributed by atoms with Crippen LogP contribution in [0.3, 0.4) is 0 Å². The first-order chi connectivity index (χ1) is 23.2. The highest BCUT2D eigenvalue weighted by Gasteiger charge is 2.24. The number of anilines is 2. The second-order valence-corrected chi connectivity index (χ2v) is 12.1. The van der Waals surface area contributed by atoms with Crippen LogP contribution in [-0.2, 0) is 9.59 Å². The van der Waals surface area contributed by atoms with Gasteiger partial charge in [0.25, 0.3) is 17.5 Å². The van der Waals surface area contributed by atoms with E-state index in [-0.39, 0.29) is 17.3 Å². The molecule has 5 aromatic rings. The number of nitro benzene ring substituents is 1. The first kappa shape index (κ1) is 33.6. The third-order valence-electron chi connectivity index (χ3n) is 7.13. The zero-order chi connectivity index (χ0) is 34.0. The predicted octanol–water partition coefficient (Wildman–Crippen LogP) is 8.44. The Hall–Kier alpha value is -5.71. The lowest BCUT2D eigenvalue weighted by atomic mass is 10.1. The molecule has 0 spiro atoms. The Balaban J connectivity index is 1.34. The Morgan fingerprint density at radius 1 is 0.812 bits per heavy atom. The third-order valence-corrected chi connectivity index (χ3v) is 8.74. The van der Waals surface area contributed by atoms with Crippen molar-refractivity contribution in [1.29, 1.82) is 0 Å². The van der Waals surface area contributed by atoms with Crippen LogP contribution in [0.2, 0.25) is 5.02 Å². The molecule has 0 saturated carbocycles. The fraction of sp³-hybridized carbons (Fsp3) is 0.0541. The highest BCUT2D eigenvalue weighted by atomic mass is 35.5. The number of carbonyl (C=O) groups is 3. The number of aryl methyl sites for hydroxylation is 1. The molecule has 0 aliphatic heterocycles. The molecule has 11 heteroatoms. The Morgan fingerprint density at radius 2 is 1.46 bits per heavy atom. The molecule has 0 saturated heterocycles. The molecule has 0 heterocycles. The maximum Gasteiger partial charge on any atom is 0.272 e. The summed E-state index contributed by atoms with van der Waals surface area (Å²) in [5, 5.41) is 19.4. The lowest BCUT2D eigenvalue weighted by Gasteiger charge is -2.18. The summed E-state index contributed by atoms with van der Waals surface area (Å²) in [5.74, 6) is -1.37. The number of halogens is 1. The van der Waals surface area contributed by atoms with Gasteiger partial charge in [-0.15, -0.1) is 11.8 Å². The number of thioether (sulfide) groups is 1. The van der Waals surface area contributed by atoms with Crippen molar-refractivity contribution in [2.24, 2.45) is 0 Å². The Bertz CT molecular complexity index is 1990. The summed E-state index contributed by atoms with van der Waals surface area (Å²) in [4.78, 5) is 51.6. The molecule has 240 valence electrons. The van der Waals surface area contributed by atoms with Gasteiger partial charge in [-0.1, -0.05) is 84.4 Å². The largest absolute Gasteiger partial charge is 0.324 e. The van der Waals surface area contributed by atoms with E-state index in [2.05, 4.69) is 16.0 Å². The van der Waals surface area contributed by atoms with Crippen molar-refractivity contribution >= 4 is 64.2 Å². The fourth-order valence-corrected chi connectivity index (χ4v) is 5.81. The van der Waals surface area contributed by atoms with Crippen molar-refractivity contribution < 1.29 is 19.3 Å². The van der Waals surface area contributed by atoms with Gasteiger partial charge >= 0.3 is 0 Å². The summed E-state index contributed by atoms with van der Waals surface area (Å²) in [7, 11) is 0. The van der Waals surface area contributed by atoms with Crippen LogP contribution in [0.1, 0.15) is 32.3 Å². The summed E-state index contributed by atoms with van der Waals surface area (Å²) in [6.45, 7) is 1.76. The summed E-state index contributed by atoms with van der Waals surface area (Å²) in [6.07, 6.45) is 1.51. The number of hydrogen-bond donors (Lipinski definition) is 3. The highest BCUT2D eigenvalue weighted by molar-refractivity contribution is 8.00. The summed E-state index contributed by atoms with van der Waals surface area (Å²) >= 11 is 7.62. The molecule has 0 aliphatic carbocycles. The predicted molar refractivity (Wildman–Crippen MR) is 190 cm³/mol. The van der Waals surface area contributed by atoms with Crippen LogP contribution in [0.5, 0.6) is 0 Å². The van der Waals surface area contributed by atoms with Gasteiger partial charge in [-0.25, -0.2) is 0 Å². The Labute approximate surface area is 286 Å². The number of nitrogens with zero attached hydrogens (tertiary/aromatic N) is 1. The number of nitro groups is 1. The molecule has 5 aromatic carbocycles. The molecular formula is C37H29ClN4O5S. The molecule has 0 bridgehead atoms. The molecule has 0 aromatic heterocycles. The van der Waals surface area contributed by atoms with Gasteiger partial charge < -0.3 is 16.0 Å². The number of non-ortho nitro benzene ring substituents is 1. The normalized spacial score (nSPS) is 11.7. The topological polar surface area (TPSA) is 130 Å². The standard InChI is InChI=1S/C37H29ClN4O5S/c1-24-16-19-29(42(46)47)23-32(24)40-37(45)34(25-10-4-2-5-11-25)48-30-20-17-28(18-21-30)39-36(44)33(22-27-14-8-9-15-31(27)38)41-35(43)26-12-6-3-7-13-26/h2-23,34H,1H3,(H,39,44)(H,40,45)(H,41,43)/b33-22-. The van der Waals surface area contributed by atoms with Gasteiger partial charge in [-0.2, -0.15) is 0 Å². The minimum absolute atomic E-state index is 0.00680. The summed E-state index contributed by atoms with van der Waals surface area (Å²) in [6, 6.07) is 35.9. The van der Waals surface area contributed by atoms with Gasteiger partial charge in [-0.05, 0) is 72.2 Å². The molecule has 0 fully saturated rings. The van der Waals surface area contributed by atoms with E-state index in [1.807, 2.05) is 30.3 Å². The molecule has 3 N–H and O–H groups in total. The molecule has 3 amide bonds. The van der Waals surface area contributed by atoms with E-state index in [4.69, 9.17) is 11.6 Å². The van der Waals surface area contributed by atoms with Crippen molar-refractivity contribution in [3.05, 3.63) is 170 Å². The third kappa shape index (κ3) is 8.75. The van der Waals surface area contributed by atoms with Crippen LogP contribution in [0.15, 0.2) is 138 Å². The quantitative estimate of drug-likeness (QED) is 0.0557. The molecule has 1 atom stereocenters. The van der Waals surface area contributed by atoms with Gasteiger partial charge in [0.1, 0.15) is 10.9 Å². The minimum Gasteiger partial charge on any atom is -0.324 e. The van der Waals surface area contributed by atoms with E-state index in [1.54, 1.807) is 91.9 Å². The Kier molecular flexibility index (Phi) is 11.0. The Morgan fingerprint density at radius 3 is 2.12 bits per heavy atom. The molecule has 9 nitrogen and oxygen atoms in total. The number of nitrogens with one attached hydrogen (secondary N) is 3. The van der Waals surface area contributed by atoms with Crippen molar-refractivity contribution in [2.75, 3.05) is 10.6 Å². The first-order valence-corrected chi connectivity index (χ1v) is 16.0. The summed E-state index contributed by atoms with van der Waals surface area (Å²) in [5.41, 5.74) is 3.04. The zero-order valence-corrected chi connectivity index (χ0v) is 27.1. The van der Waals surface area contributed by atoms with Crippen LogP contribution >= 0.6 is 23.4 Å². The number of amides is 3. The van der Waals surface area contributed by atoms with Crippen LogP contribution in [0, 0.1) is 17.0 Å². The first-order valence-electron chi connectivity index (χ1n) is 14.7. The van der Waals surface area contributed by atoms with E-state index in [0.717, 1.165) is 10.5 Å². The molecule has 1 unspecified atom stereocenters. The number of benzene rings is 5. The van der Waals surface area contributed by atoms with Gasteiger partial charge in [0.2, 0.25) is 5.91 Å². The average Bonchev–Trinajstić information content (AvgIpc) is 3.10. The molecule has 5 rings (SSSR count). The maximum atomic E-state index is 13.6. The van der Waals surface area contributed by atoms with Crippen LogP contribution in [0.4, 0.5) is 17.1 Å². The number of carbonyl (C=O) groups excluding carboxylic acids is 3. The van der Waals surface area contributed by atoms with E-state index in [0.29, 0.717) is 33.1 Å². The van der Waals surface area contributed by atoms with Gasteiger partial charge in [0.05, 0.1) is 10.6 Å². The molecule has 0 radical (unpaired) electrons. The van der Waals surface area contributed by atoms with Crippen LogP contribution < -0.4 is 16.0 Å². The van der Waals surface area contributed by atoms with Crippen molar-refractivity contribution in [2.45, 2.75) is 17.1 Å². The molecular weight excluding hydrogens is 648 g/mol. The van der Waals surface area contributed by atoms with E-state index in [1.165, 1.54) is 30.0 Å². The van der Waals surface area contributed by atoms with Gasteiger partial charge in [0.15, 0.2) is 0 Å². The molecule has 0 aliphatic rings. The van der Waals surface area contributed by atoms with E-state index < -0.39 is 22.0 Å². The fourth-order valence-electron chi connectivity index (χ4n) is 4.60. The highest BCUT2D eigenvalue weighted by Crippen LogP contribution is 2.37. The second kappa shape index (κ2) is 15.7. The number of rotatable bonds is 11. The van der Waals surface area contributed by atoms with Crippen molar-refractivity contribution in [3.63, 3.8) is 0 Å². The smallest absolute Gasteiger partial charge is 0.272 e. The lowest BCUT2D eigenvalue weighted by molar-refractivity contribution is -0.384. The second-order valence-electron chi connectivity index (χ2n) is 10.5. The van der Waals surface area contributed by atoms with Crippen molar-refractivity contribution in [3.8, 4) is 0 Å². The monoisotopic (exact) mass is 676 g/mol. The summed E-state index contributed by atoms with van der Waals surface area (Å²) < 4.78 is 0.